The van der Waals surface area contributed by atoms with Crippen molar-refractivity contribution in [3.63, 3.8) is 0 Å². The molecule has 0 aliphatic carbocycles. The Morgan fingerprint density at radius 2 is 1.91 bits per heavy atom. The molecule has 0 spiro atoms. The van der Waals surface area contributed by atoms with Gasteiger partial charge in [0.1, 0.15) is 0 Å². The number of hydrogen-bond acceptors (Lipinski definition) is 4. The lowest BCUT2D eigenvalue weighted by Gasteiger charge is -2.15. The Balaban J connectivity index is 2.10. The molecule has 0 bridgehead atoms. The number of unbranched alkanes of at least 4 members (excludes halogenated alkanes) is 1. The third-order valence-electron chi connectivity index (χ3n) is 3.61. The van der Waals surface area contributed by atoms with E-state index in [-0.39, 0.29) is 5.91 Å². The first kappa shape index (κ1) is 18.6. The van der Waals surface area contributed by atoms with Crippen molar-refractivity contribution in [2.75, 3.05) is 19.6 Å². The molecule has 0 aromatic heterocycles. The topological polar surface area (TPSA) is 93.2 Å². The monoisotopic (exact) mass is 306 g/mol. The first-order valence-corrected chi connectivity index (χ1v) is 8.14. The molecule has 0 saturated heterocycles. The van der Waals surface area contributed by atoms with Gasteiger partial charge in [0.25, 0.3) is 0 Å². The number of carbonyl (C=O) groups excluding carboxylic acids is 1. The average Bonchev–Trinajstić information content (AvgIpc) is 2.52. The lowest BCUT2D eigenvalue weighted by Crippen LogP contribution is -2.44. The largest absolute Gasteiger partial charge is 0.353 e. The van der Waals surface area contributed by atoms with Gasteiger partial charge in [0.2, 0.25) is 5.91 Å². The normalized spacial score (nSPS) is 13.6. The van der Waals surface area contributed by atoms with Crippen LogP contribution >= 0.6 is 0 Å². The molecule has 0 aliphatic heterocycles. The quantitative estimate of drug-likeness (QED) is 0.455. The summed E-state index contributed by atoms with van der Waals surface area (Å²) in [5.74, 6) is -0.0745. The zero-order chi connectivity index (χ0) is 16.2. The lowest BCUT2D eigenvalue weighted by molar-refractivity contribution is -0.122. The predicted molar refractivity (Wildman–Crippen MR) is 91.5 cm³/mol. The number of nitrogens with one attached hydrogen (secondary N) is 2. The Kier molecular flexibility index (Phi) is 9.46. The number of amides is 1. The third kappa shape index (κ3) is 8.12. The molecule has 1 aromatic rings. The molecule has 1 unspecified atom stereocenters. The Morgan fingerprint density at radius 3 is 2.59 bits per heavy atom. The summed E-state index contributed by atoms with van der Waals surface area (Å²) in [6.45, 7) is 4.14. The highest BCUT2D eigenvalue weighted by Gasteiger charge is 2.12. The van der Waals surface area contributed by atoms with Crippen LogP contribution in [0.1, 0.15) is 31.7 Å². The van der Waals surface area contributed by atoms with Crippen molar-refractivity contribution >= 4 is 5.91 Å². The lowest BCUT2D eigenvalue weighted by atomic mass is 10.1. The summed E-state index contributed by atoms with van der Waals surface area (Å²) in [4.78, 5) is 11.8. The number of carbonyl (C=O) groups is 1. The van der Waals surface area contributed by atoms with Gasteiger partial charge in [-0.3, -0.25) is 4.79 Å². The van der Waals surface area contributed by atoms with E-state index in [0.29, 0.717) is 25.6 Å². The van der Waals surface area contributed by atoms with Gasteiger partial charge < -0.3 is 22.1 Å². The zero-order valence-corrected chi connectivity index (χ0v) is 13.6. The minimum atomic E-state index is -0.423. The SMILES string of the molecule is C[C@H](Cc1ccccc1)NCCNC(=O)C(N)CCCCN. The molecular weight excluding hydrogens is 276 g/mol. The molecule has 1 amide bonds. The maximum absolute atomic E-state index is 11.8. The van der Waals surface area contributed by atoms with E-state index >= 15 is 0 Å². The van der Waals surface area contributed by atoms with Crippen molar-refractivity contribution in [1.82, 2.24) is 10.6 Å². The predicted octanol–water partition coefficient (Wildman–Crippen LogP) is 0.780. The fraction of sp³-hybridized carbons (Fsp3) is 0.588. The highest BCUT2D eigenvalue weighted by Crippen LogP contribution is 2.02. The molecule has 0 fully saturated rings. The maximum atomic E-state index is 11.8. The summed E-state index contributed by atoms with van der Waals surface area (Å²) in [6, 6.07) is 10.3. The summed E-state index contributed by atoms with van der Waals surface area (Å²) in [6.07, 6.45) is 3.49. The van der Waals surface area contributed by atoms with Gasteiger partial charge in [-0.15, -0.1) is 0 Å². The summed E-state index contributed by atoms with van der Waals surface area (Å²) < 4.78 is 0. The fourth-order valence-electron chi connectivity index (χ4n) is 2.31. The molecule has 1 aromatic carbocycles. The second-order valence-corrected chi connectivity index (χ2v) is 5.73. The molecule has 6 N–H and O–H groups in total. The summed E-state index contributed by atoms with van der Waals surface area (Å²) in [5.41, 5.74) is 12.6. The van der Waals surface area contributed by atoms with Gasteiger partial charge in [0, 0.05) is 19.1 Å². The van der Waals surface area contributed by atoms with Crippen molar-refractivity contribution in [2.45, 2.75) is 44.7 Å². The number of nitrogens with two attached hydrogens (primary N) is 2. The minimum absolute atomic E-state index is 0.0745. The summed E-state index contributed by atoms with van der Waals surface area (Å²) in [7, 11) is 0. The molecule has 5 heteroatoms. The molecule has 0 aliphatic rings. The summed E-state index contributed by atoms with van der Waals surface area (Å²) in [5, 5.41) is 6.28. The molecule has 0 heterocycles. The van der Waals surface area contributed by atoms with Crippen LogP contribution < -0.4 is 22.1 Å². The van der Waals surface area contributed by atoms with Gasteiger partial charge in [0.15, 0.2) is 0 Å². The van der Waals surface area contributed by atoms with E-state index in [1.165, 1.54) is 5.56 Å². The molecule has 124 valence electrons. The number of benzene rings is 1. The Morgan fingerprint density at radius 1 is 1.18 bits per heavy atom. The van der Waals surface area contributed by atoms with Gasteiger partial charge in [0.05, 0.1) is 6.04 Å². The molecule has 0 saturated carbocycles. The maximum Gasteiger partial charge on any atom is 0.236 e. The van der Waals surface area contributed by atoms with Crippen molar-refractivity contribution < 1.29 is 4.79 Å². The first-order valence-electron chi connectivity index (χ1n) is 8.14. The Labute approximate surface area is 133 Å². The molecule has 0 radical (unpaired) electrons. The van der Waals surface area contributed by atoms with Crippen molar-refractivity contribution in [1.29, 1.82) is 0 Å². The average molecular weight is 306 g/mol. The van der Waals surface area contributed by atoms with E-state index in [1.54, 1.807) is 0 Å². The smallest absolute Gasteiger partial charge is 0.236 e. The van der Waals surface area contributed by atoms with E-state index in [1.807, 2.05) is 18.2 Å². The van der Waals surface area contributed by atoms with E-state index < -0.39 is 6.04 Å². The van der Waals surface area contributed by atoms with Gasteiger partial charge in [-0.1, -0.05) is 36.8 Å². The van der Waals surface area contributed by atoms with E-state index in [9.17, 15) is 4.79 Å². The molecular formula is C17H30N4O. The standard InChI is InChI=1S/C17H30N4O/c1-14(13-15-7-3-2-4-8-15)20-11-12-21-17(22)16(19)9-5-6-10-18/h2-4,7-8,14,16,20H,5-6,9-13,18-19H2,1H3,(H,21,22)/t14-,16?/m1/s1. The third-order valence-corrected chi connectivity index (χ3v) is 3.61. The van der Waals surface area contributed by atoms with Crippen LogP contribution in [0, 0.1) is 0 Å². The van der Waals surface area contributed by atoms with Crippen LogP contribution in [0.15, 0.2) is 30.3 Å². The Hall–Kier alpha value is -1.43. The van der Waals surface area contributed by atoms with Gasteiger partial charge in [-0.2, -0.15) is 0 Å². The number of hydrogen-bond donors (Lipinski definition) is 4. The van der Waals surface area contributed by atoms with Crippen LogP contribution in [0.25, 0.3) is 0 Å². The second kappa shape index (κ2) is 11.2. The van der Waals surface area contributed by atoms with E-state index in [0.717, 1.165) is 25.8 Å². The number of rotatable bonds is 11. The van der Waals surface area contributed by atoms with Crippen LogP contribution in [-0.4, -0.2) is 37.6 Å². The van der Waals surface area contributed by atoms with Crippen molar-refractivity contribution in [3.8, 4) is 0 Å². The van der Waals surface area contributed by atoms with Crippen molar-refractivity contribution in [2.24, 2.45) is 11.5 Å². The van der Waals surface area contributed by atoms with Gasteiger partial charge >= 0.3 is 0 Å². The van der Waals surface area contributed by atoms with Crippen LogP contribution in [0.2, 0.25) is 0 Å². The van der Waals surface area contributed by atoms with Crippen LogP contribution in [0.5, 0.6) is 0 Å². The van der Waals surface area contributed by atoms with E-state index in [4.69, 9.17) is 11.5 Å². The zero-order valence-electron chi connectivity index (χ0n) is 13.6. The minimum Gasteiger partial charge on any atom is -0.353 e. The molecule has 1 rings (SSSR count). The molecule has 2 atom stereocenters. The highest BCUT2D eigenvalue weighted by molar-refractivity contribution is 5.81. The van der Waals surface area contributed by atoms with Gasteiger partial charge in [-0.25, -0.2) is 0 Å². The molecule has 5 nitrogen and oxygen atoms in total. The van der Waals surface area contributed by atoms with Gasteiger partial charge in [-0.05, 0) is 38.3 Å². The first-order chi connectivity index (χ1) is 10.6. The highest BCUT2D eigenvalue weighted by atomic mass is 16.2. The Bertz CT molecular complexity index is 410. The summed E-state index contributed by atoms with van der Waals surface area (Å²) >= 11 is 0. The second-order valence-electron chi connectivity index (χ2n) is 5.73. The molecule has 22 heavy (non-hydrogen) atoms. The van der Waals surface area contributed by atoms with Crippen molar-refractivity contribution in [3.05, 3.63) is 35.9 Å². The van der Waals surface area contributed by atoms with Crippen LogP contribution in [-0.2, 0) is 11.2 Å². The van der Waals surface area contributed by atoms with Crippen LogP contribution in [0.4, 0.5) is 0 Å². The van der Waals surface area contributed by atoms with Crippen LogP contribution in [0.3, 0.4) is 0 Å². The fourth-order valence-corrected chi connectivity index (χ4v) is 2.31. The van der Waals surface area contributed by atoms with E-state index in [2.05, 4.69) is 29.7 Å².